The lowest BCUT2D eigenvalue weighted by Gasteiger charge is -2.25. The Labute approximate surface area is 190 Å². The second-order valence-corrected chi connectivity index (χ2v) is 10.3. The highest BCUT2D eigenvalue weighted by molar-refractivity contribution is 7.92. The topological polar surface area (TPSA) is 84.9 Å². The maximum absolute atomic E-state index is 12.5. The zero-order valence-electron chi connectivity index (χ0n) is 19.4. The molecule has 7 nitrogen and oxygen atoms in total. The van der Waals surface area contributed by atoms with E-state index in [0.29, 0.717) is 36.8 Å². The van der Waals surface area contributed by atoms with Crippen molar-refractivity contribution in [3.05, 3.63) is 52.6 Å². The highest BCUT2D eigenvalue weighted by atomic mass is 32.2. The summed E-state index contributed by atoms with van der Waals surface area (Å²) in [6, 6.07) is 9.19. The first-order valence-corrected chi connectivity index (χ1v) is 12.7. The summed E-state index contributed by atoms with van der Waals surface area (Å²) in [4.78, 5) is 12.5. The van der Waals surface area contributed by atoms with Gasteiger partial charge < -0.3 is 14.8 Å². The van der Waals surface area contributed by atoms with Crippen LogP contribution in [0.2, 0.25) is 0 Å². The van der Waals surface area contributed by atoms with Gasteiger partial charge in [0, 0.05) is 19.0 Å². The van der Waals surface area contributed by atoms with Gasteiger partial charge in [0.25, 0.3) is 0 Å². The third-order valence-electron chi connectivity index (χ3n) is 5.71. The summed E-state index contributed by atoms with van der Waals surface area (Å²) in [6.45, 7) is 9.23. The van der Waals surface area contributed by atoms with Gasteiger partial charge in [0.05, 0.1) is 18.0 Å². The number of anilines is 1. The lowest BCUT2D eigenvalue weighted by molar-refractivity contribution is -0.121. The lowest BCUT2D eigenvalue weighted by atomic mass is 9.96. The molecule has 1 heterocycles. The fourth-order valence-corrected chi connectivity index (χ4v) is 4.85. The number of carbonyl (C=O) groups excluding carboxylic acids is 1. The first kappa shape index (κ1) is 23.9. The van der Waals surface area contributed by atoms with Crippen LogP contribution in [-0.2, 0) is 14.8 Å². The van der Waals surface area contributed by atoms with Gasteiger partial charge in [-0.3, -0.25) is 9.10 Å². The molecule has 3 rings (SSSR count). The first-order valence-electron chi connectivity index (χ1n) is 10.8. The second kappa shape index (κ2) is 9.81. The third-order valence-corrected chi connectivity index (χ3v) is 6.90. The monoisotopic (exact) mass is 460 g/mol. The number of ether oxygens (including phenoxy) is 2. The summed E-state index contributed by atoms with van der Waals surface area (Å²) in [5.74, 6) is 1.02. The molecule has 2 aromatic rings. The zero-order valence-corrected chi connectivity index (χ0v) is 20.2. The van der Waals surface area contributed by atoms with Crippen LogP contribution < -0.4 is 19.1 Å². The number of benzene rings is 2. The summed E-state index contributed by atoms with van der Waals surface area (Å²) in [6.07, 6.45) is 1.78. The van der Waals surface area contributed by atoms with Crippen LogP contribution in [0, 0.1) is 20.8 Å². The molecular weight excluding hydrogens is 428 g/mol. The fraction of sp³-hybridized carbons (Fsp3) is 0.458. The van der Waals surface area contributed by atoms with E-state index in [9.17, 15) is 13.2 Å². The highest BCUT2D eigenvalue weighted by Gasteiger charge is 2.21. The number of rotatable bonds is 8. The minimum absolute atomic E-state index is 0.106. The SMILES string of the molecule is Cc1cc(C)c([C@@H](C)NC(=O)CCCN(c2ccc3c(c2)OCCO3)S(C)(=O)=O)cc1C. The number of hydrogen-bond donors (Lipinski definition) is 1. The number of hydrogen-bond acceptors (Lipinski definition) is 5. The van der Waals surface area contributed by atoms with Crippen molar-refractivity contribution >= 4 is 21.6 Å². The van der Waals surface area contributed by atoms with E-state index >= 15 is 0 Å². The van der Waals surface area contributed by atoms with Crippen molar-refractivity contribution in [1.82, 2.24) is 5.32 Å². The van der Waals surface area contributed by atoms with Crippen LogP contribution in [0.3, 0.4) is 0 Å². The van der Waals surface area contributed by atoms with Crippen molar-refractivity contribution in [2.75, 3.05) is 30.3 Å². The van der Waals surface area contributed by atoms with E-state index in [1.165, 1.54) is 15.4 Å². The van der Waals surface area contributed by atoms with Crippen LogP contribution in [-0.4, -0.2) is 40.3 Å². The second-order valence-electron chi connectivity index (χ2n) is 8.35. The van der Waals surface area contributed by atoms with E-state index < -0.39 is 10.0 Å². The number of amides is 1. The molecule has 0 saturated heterocycles. The average molecular weight is 461 g/mol. The number of nitrogens with zero attached hydrogens (tertiary/aromatic N) is 1. The van der Waals surface area contributed by atoms with Gasteiger partial charge in [-0.1, -0.05) is 12.1 Å². The molecule has 0 spiro atoms. The molecule has 1 atom stereocenters. The minimum atomic E-state index is -3.52. The van der Waals surface area contributed by atoms with Gasteiger partial charge in [0.15, 0.2) is 11.5 Å². The van der Waals surface area contributed by atoms with Gasteiger partial charge in [-0.15, -0.1) is 0 Å². The number of fused-ring (bicyclic) bond motifs is 1. The van der Waals surface area contributed by atoms with Crippen molar-refractivity contribution in [3.63, 3.8) is 0 Å². The van der Waals surface area contributed by atoms with Crippen molar-refractivity contribution in [2.24, 2.45) is 0 Å². The summed E-state index contributed by atoms with van der Waals surface area (Å²) in [5.41, 5.74) is 5.15. The molecule has 1 aliphatic heterocycles. The predicted octanol–water partition coefficient (Wildman–Crippen LogP) is 3.81. The lowest BCUT2D eigenvalue weighted by Crippen LogP contribution is -2.32. The van der Waals surface area contributed by atoms with Crippen LogP contribution in [0.25, 0.3) is 0 Å². The number of nitrogens with one attached hydrogen (secondary N) is 1. The standard InChI is InChI=1S/C24H32N2O5S/c1-16-13-18(3)21(14-17(16)2)19(4)25-24(27)7-6-10-26(32(5,28)29)20-8-9-22-23(15-20)31-12-11-30-22/h8-9,13-15,19H,6-7,10-12H2,1-5H3,(H,25,27)/t19-/m1/s1. The van der Waals surface area contributed by atoms with Crippen LogP contribution in [0.1, 0.15) is 48.1 Å². The van der Waals surface area contributed by atoms with Gasteiger partial charge >= 0.3 is 0 Å². The maximum atomic E-state index is 12.5. The first-order chi connectivity index (χ1) is 15.1. The molecule has 8 heteroatoms. The van der Waals surface area contributed by atoms with E-state index in [1.54, 1.807) is 18.2 Å². The molecule has 0 bridgehead atoms. The molecule has 1 amide bonds. The van der Waals surface area contributed by atoms with Crippen molar-refractivity contribution in [2.45, 2.75) is 46.6 Å². The van der Waals surface area contributed by atoms with Gasteiger partial charge in [0.1, 0.15) is 13.2 Å². The Morgan fingerprint density at radius 3 is 2.38 bits per heavy atom. The van der Waals surface area contributed by atoms with E-state index in [4.69, 9.17) is 9.47 Å². The Morgan fingerprint density at radius 1 is 1.03 bits per heavy atom. The minimum Gasteiger partial charge on any atom is -0.486 e. The van der Waals surface area contributed by atoms with Crippen LogP contribution in [0.15, 0.2) is 30.3 Å². The Morgan fingerprint density at radius 2 is 1.69 bits per heavy atom. The normalized spacial score (nSPS) is 14.0. The summed E-state index contributed by atoms with van der Waals surface area (Å²) < 4.78 is 37.2. The van der Waals surface area contributed by atoms with Crippen LogP contribution in [0.4, 0.5) is 5.69 Å². The molecule has 32 heavy (non-hydrogen) atoms. The Kier molecular flexibility index (Phi) is 7.33. The Hall–Kier alpha value is -2.74. The maximum Gasteiger partial charge on any atom is 0.232 e. The molecule has 0 radical (unpaired) electrons. The number of aryl methyl sites for hydroxylation is 3. The van der Waals surface area contributed by atoms with Gasteiger partial charge in [-0.2, -0.15) is 0 Å². The molecule has 0 saturated carbocycles. The predicted molar refractivity (Wildman–Crippen MR) is 126 cm³/mol. The number of carbonyl (C=O) groups is 1. The largest absolute Gasteiger partial charge is 0.486 e. The summed E-state index contributed by atoms with van der Waals surface area (Å²) in [5, 5.41) is 3.03. The molecule has 1 aliphatic rings. The van der Waals surface area contributed by atoms with Crippen LogP contribution in [0.5, 0.6) is 11.5 Å². The number of sulfonamides is 1. The Balaban J connectivity index is 1.61. The van der Waals surface area contributed by atoms with Crippen molar-refractivity contribution < 1.29 is 22.7 Å². The van der Waals surface area contributed by atoms with Crippen molar-refractivity contribution in [3.8, 4) is 11.5 Å². The molecule has 0 unspecified atom stereocenters. The van der Waals surface area contributed by atoms with Gasteiger partial charge in [-0.25, -0.2) is 8.42 Å². The zero-order chi connectivity index (χ0) is 23.5. The Bertz CT molecular complexity index is 1100. The van der Waals surface area contributed by atoms with E-state index in [0.717, 1.165) is 17.4 Å². The van der Waals surface area contributed by atoms with Gasteiger partial charge in [-0.05, 0) is 68.5 Å². The molecule has 1 N–H and O–H groups in total. The summed E-state index contributed by atoms with van der Waals surface area (Å²) in [7, 11) is -3.52. The molecule has 2 aromatic carbocycles. The smallest absolute Gasteiger partial charge is 0.232 e. The van der Waals surface area contributed by atoms with Gasteiger partial charge in [0.2, 0.25) is 15.9 Å². The molecule has 0 aliphatic carbocycles. The van der Waals surface area contributed by atoms with E-state index in [2.05, 4.69) is 31.3 Å². The van der Waals surface area contributed by atoms with E-state index in [1.807, 2.05) is 13.8 Å². The van der Waals surface area contributed by atoms with Crippen molar-refractivity contribution in [1.29, 1.82) is 0 Å². The van der Waals surface area contributed by atoms with E-state index in [-0.39, 0.29) is 24.9 Å². The summed E-state index contributed by atoms with van der Waals surface area (Å²) >= 11 is 0. The highest BCUT2D eigenvalue weighted by Crippen LogP contribution is 2.34. The quantitative estimate of drug-likeness (QED) is 0.648. The average Bonchev–Trinajstić information content (AvgIpc) is 2.72. The fourth-order valence-electron chi connectivity index (χ4n) is 3.90. The molecular formula is C24H32N2O5S. The molecule has 0 aromatic heterocycles. The molecule has 0 fully saturated rings. The van der Waals surface area contributed by atoms with Crippen LogP contribution >= 0.6 is 0 Å². The third kappa shape index (κ3) is 5.73. The molecule has 174 valence electrons.